The minimum absolute atomic E-state index is 0.00674. The highest BCUT2D eigenvalue weighted by Gasteiger charge is 2.20. The van der Waals surface area contributed by atoms with Gasteiger partial charge in [-0.1, -0.05) is 24.3 Å². The molecule has 2 heterocycles. The number of piperazine rings is 1. The normalized spacial score (nSPS) is 14.8. The average molecular weight is 406 g/mol. The van der Waals surface area contributed by atoms with Crippen LogP contribution in [0.3, 0.4) is 0 Å². The molecule has 2 aromatic carbocycles. The fourth-order valence-corrected chi connectivity index (χ4v) is 3.96. The molecule has 3 aromatic rings. The van der Waals surface area contributed by atoms with E-state index >= 15 is 0 Å². The molecule has 0 radical (unpaired) electrons. The number of benzene rings is 2. The molecule has 0 spiro atoms. The first-order valence-corrected chi connectivity index (χ1v) is 10.1. The van der Waals surface area contributed by atoms with Gasteiger partial charge in [-0.3, -0.25) is 9.88 Å². The lowest BCUT2D eigenvalue weighted by molar-refractivity contribution is 0.267. The summed E-state index contributed by atoms with van der Waals surface area (Å²) in [6.45, 7) is 7.12. The smallest absolute Gasteiger partial charge is 0.154 e. The highest BCUT2D eigenvalue weighted by molar-refractivity contribution is 6.03. The first-order valence-electron chi connectivity index (χ1n) is 10.1. The molecule has 0 atom stereocenters. The number of phenolic OH excluding ortho intramolecular Hbond substituents is 2. The molecule has 0 unspecified atom stereocenters. The second-order valence-corrected chi connectivity index (χ2v) is 7.49. The minimum atomic E-state index is -0.0952. The fourth-order valence-electron chi connectivity index (χ4n) is 3.96. The van der Waals surface area contributed by atoms with Crippen LogP contribution in [0, 0.1) is 12.5 Å². The summed E-state index contributed by atoms with van der Waals surface area (Å²) in [5.74, 6) is -0.0885. The van der Waals surface area contributed by atoms with E-state index in [2.05, 4.69) is 31.3 Å². The topological polar surface area (TPSA) is 108 Å². The predicted molar refractivity (Wildman–Crippen MR) is 118 cm³/mol. The number of aromatic nitrogens is 1. The molecule has 0 bridgehead atoms. The van der Waals surface area contributed by atoms with Crippen LogP contribution in [0.4, 0.5) is 17.1 Å². The van der Waals surface area contributed by atoms with Crippen LogP contribution >= 0.6 is 0 Å². The van der Waals surface area contributed by atoms with Gasteiger partial charge in [-0.25, -0.2) is 5.53 Å². The van der Waals surface area contributed by atoms with Crippen molar-refractivity contribution in [3.63, 3.8) is 0 Å². The molecule has 4 rings (SSSR count). The first-order chi connectivity index (χ1) is 14.6. The Hall–Kier alpha value is -3.39. The average Bonchev–Trinajstić information content (AvgIpc) is 2.77. The molecule has 8 nitrogen and oxygen atoms in total. The summed E-state index contributed by atoms with van der Waals surface area (Å²) in [4.78, 5) is 8.98. The second-order valence-electron chi connectivity index (χ2n) is 7.49. The van der Waals surface area contributed by atoms with Crippen molar-refractivity contribution < 1.29 is 10.2 Å². The highest BCUT2D eigenvalue weighted by atomic mass is 16.3. The number of fused-ring (bicyclic) bond motifs is 1. The number of rotatable bonds is 6. The third kappa shape index (κ3) is 3.86. The van der Waals surface area contributed by atoms with Gasteiger partial charge in [-0.15, -0.1) is 0 Å². The van der Waals surface area contributed by atoms with Gasteiger partial charge >= 0.3 is 0 Å². The van der Waals surface area contributed by atoms with Crippen molar-refractivity contribution in [1.29, 1.82) is 5.53 Å². The van der Waals surface area contributed by atoms with Crippen molar-refractivity contribution in [2.75, 3.05) is 49.5 Å². The van der Waals surface area contributed by atoms with Gasteiger partial charge in [0, 0.05) is 67.6 Å². The highest BCUT2D eigenvalue weighted by Crippen LogP contribution is 2.48. The van der Waals surface area contributed by atoms with Gasteiger partial charge in [0.05, 0.1) is 0 Å². The predicted octanol–water partition coefficient (Wildman–Crippen LogP) is 3.85. The van der Waals surface area contributed by atoms with Crippen molar-refractivity contribution in [3.05, 3.63) is 48.3 Å². The Morgan fingerprint density at radius 3 is 2.43 bits per heavy atom. The molecule has 1 fully saturated rings. The SMILES string of the molecule is Cc1cc(N2CCN(CCNc3c(N=N)c(O)c4ccccc4c3O)CC2)ccn1. The number of aromatic hydroxyl groups is 2. The molecular formula is C22H26N6O2. The van der Waals surface area contributed by atoms with Gasteiger partial charge in [0.15, 0.2) is 11.4 Å². The molecule has 8 heteroatoms. The third-order valence-electron chi connectivity index (χ3n) is 5.59. The number of nitrogens with zero attached hydrogens (tertiary/aromatic N) is 4. The van der Waals surface area contributed by atoms with Gasteiger partial charge in [0.25, 0.3) is 0 Å². The van der Waals surface area contributed by atoms with E-state index in [1.165, 1.54) is 5.69 Å². The van der Waals surface area contributed by atoms with Crippen LogP contribution in [0.25, 0.3) is 10.8 Å². The molecule has 1 aliphatic rings. The van der Waals surface area contributed by atoms with E-state index in [-0.39, 0.29) is 17.2 Å². The zero-order chi connectivity index (χ0) is 21.1. The van der Waals surface area contributed by atoms with Gasteiger partial charge in [-0.05, 0) is 19.1 Å². The van der Waals surface area contributed by atoms with Crippen LogP contribution in [0.15, 0.2) is 47.7 Å². The summed E-state index contributed by atoms with van der Waals surface area (Å²) in [6.07, 6.45) is 1.85. The Bertz CT molecular complexity index is 1060. The molecule has 1 aliphatic heterocycles. The van der Waals surface area contributed by atoms with E-state index < -0.39 is 0 Å². The number of aryl methyl sites for hydroxylation is 1. The zero-order valence-corrected chi connectivity index (χ0v) is 17.0. The monoisotopic (exact) mass is 406 g/mol. The third-order valence-corrected chi connectivity index (χ3v) is 5.59. The van der Waals surface area contributed by atoms with Crippen LogP contribution in [-0.2, 0) is 0 Å². The molecule has 156 valence electrons. The quantitative estimate of drug-likeness (QED) is 0.281. The molecule has 0 aliphatic carbocycles. The van der Waals surface area contributed by atoms with Crippen molar-refractivity contribution in [2.45, 2.75) is 6.92 Å². The van der Waals surface area contributed by atoms with Gasteiger partial charge in [0.1, 0.15) is 11.4 Å². The van der Waals surface area contributed by atoms with E-state index in [9.17, 15) is 10.2 Å². The van der Waals surface area contributed by atoms with E-state index in [4.69, 9.17) is 5.53 Å². The summed E-state index contributed by atoms with van der Waals surface area (Å²) in [5.41, 5.74) is 10.0. The fraction of sp³-hybridized carbons (Fsp3) is 0.318. The Labute approximate surface area is 175 Å². The number of phenols is 2. The standard InChI is InChI=1S/C22H26N6O2/c1-15-14-16(6-7-24-15)28-12-10-27(11-13-28)9-8-25-19-20(26-23)22(30)18-5-3-2-4-17(18)21(19)29/h2-7,14,23,25,29-30H,8-13H2,1H3. The van der Waals surface area contributed by atoms with Crippen LogP contribution in [0.1, 0.15) is 5.69 Å². The minimum Gasteiger partial charge on any atom is -0.505 e. The van der Waals surface area contributed by atoms with Gasteiger partial charge < -0.3 is 20.4 Å². The Kier molecular flexibility index (Phi) is 5.67. The van der Waals surface area contributed by atoms with Crippen LogP contribution in [-0.4, -0.2) is 59.4 Å². The number of nitrogens with one attached hydrogen (secondary N) is 2. The second kappa shape index (κ2) is 8.54. The summed E-state index contributed by atoms with van der Waals surface area (Å²) in [5, 5.41) is 28.8. The number of hydrogen-bond donors (Lipinski definition) is 4. The maximum Gasteiger partial charge on any atom is 0.154 e. The lowest BCUT2D eigenvalue weighted by atomic mass is 10.1. The number of hydrogen-bond acceptors (Lipinski definition) is 8. The van der Waals surface area contributed by atoms with Gasteiger partial charge in [-0.2, -0.15) is 5.11 Å². The molecule has 0 amide bonds. The summed E-state index contributed by atoms with van der Waals surface area (Å²) in [7, 11) is 0. The van der Waals surface area contributed by atoms with Crippen molar-refractivity contribution in [3.8, 4) is 11.5 Å². The van der Waals surface area contributed by atoms with Gasteiger partial charge in [0.2, 0.25) is 0 Å². The maximum atomic E-state index is 10.7. The Balaban J connectivity index is 1.39. The molecule has 1 aromatic heterocycles. The summed E-state index contributed by atoms with van der Waals surface area (Å²) in [6, 6.07) is 11.2. The number of pyridine rings is 1. The number of anilines is 2. The summed E-state index contributed by atoms with van der Waals surface area (Å²) < 4.78 is 0. The molecule has 4 N–H and O–H groups in total. The van der Waals surface area contributed by atoms with E-state index in [1.54, 1.807) is 24.3 Å². The molecule has 1 saturated heterocycles. The zero-order valence-electron chi connectivity index (χ0n) is 17.0. The maximum absolute atomic E-state index is 10.7. The van der Waals surface area contributed by atoms with Crippen LogP contribution < -0.4 is 10.2 Å². The van der Waals surface area contributed by atoms with Crippen molar-refractivity contribution in [2.24, 2.45) is 5.11 Å². The molecular weight excluding hydrogens is 380 g/mol. The molecule has 30 heavy (non-hydrogen) atoms. The van der Waals surface area contributed by atoms with E-state index in [0.29, 0.717) is 23.0 Å². The van der Waals surface area contributed by atoms with Crippen molar-refractivity contribution in [1.82, 2.24) is 9.88 Å². The Morgan fingerprint density at radius 1 is 1.07 bits per heavy atom. The molecule has 0 saturated carbocycles. The Morgan fingerprint density at radius 2 is 1.77 bits per heavy atom. The van der Waals surface area contributed by atoms with E-state index in [0.717, 1.165) is 38.4 Å². The first kappa shape index (κ1) is 19.9. The lowest BCUT2D eigenvalue weighted by Crippen LogP contribution is -2.47. The van der Waals surface area contributed by atoms with Crippen molar-refractivity contribution >= 4 is 27.8 Å². The summed E-state index contributed by atoms with van der Waals surface area (Å²) >= 11 is 0. The lowest BCUT2D eigenvalue weighted by Gasteiger charge is -2.36. The van der Waals surface area contributed by atoms with E-state index in [1.807, 2.05) is 19.2 Å². The van der Waals surface area contributed by atoms with Crippen LogP contribution in [0.5, 0.6) is 11.5 Å². The van der Waals surface area contributed by atoms with Crippen LogP contribution in [0.2, 0.25) is 0 Å². The largest absolute Gasteiger partial charge is 0.505 e.